The van der Waals surface area contributed by atoms with Crippen LogP contribution in [0.1, 0.15) is 49.3 Å². The van der Waals surface area contributed by atoms with Gasteiger partial charge >= 0.3 is 12.2 Å². The Kier molecular flexibility index (Phi) is 7.66. The second-order valence-electron chi connectivity index (χ2n) is 10.9. The number of halogens is 1. The first-order chi connectivity index (χ1) is 20.7. The Morgan fingerprint density at radius 2 is 1.95 bits per heavy atom. The van der Waals surface area contributed by atoms with Crippen molar-refractivity contribution in [2.45, 2.75) is 43.6 Å². The summed E-state index contributed by atoms with van der Waals surface area (Å²) in [4.78, 5) is 57.6. The Balaban J connectivity index is 1.32. The Morgan fingerprint density at radius 3 is 2.79 bits per heavy atom. The zero-order valence-electron chi connectivity index (χ0n) is 23.4. The van der Waals surface area contributed by atoms with Gasteiger partial charge in [-0.1, -0.05) is 24.1 Å². The number of nitrogens with one attached hydrogen (secondary N) is 3. The third-order valence-corrected chi connectivity index (χ3v) is 8.40. The zero-order valence-corrected chi connectivity index (χ0v) is 24.2. The maximum atomic E-state index is 14.2. The number of benzene rings is 2. The number of methoxy groups -OCH3 is 1. The highest BCUT2D eigenvalue weighted by Gasteiger charge is 2.49. The van der Waals surface area contributed by atoms with Gasteiger partial charge in [0.2, 0.25) is 11.8 Å². The van der Waals surface area contributed by atoms with Crippen LogP contribution in [0.5, 0.6) is 0 Å². The van der Waals surface area contributed by atoms with Gasteiger partial charge in [-0.2, -0.15) is 0 Å². The second-order valence-corrected chi connectivity index (χ2v) is 11.3. The number of carbonyl (C=O) groups excluding carboxylic acids is 4. The van der Waals surface area contributed by atoms with Crippen molar-refractivity contribution in [1.29, 1.82) is 0 Å². The van der Waals surface area contributed by atoms with Gasteiger partial charge in [0.05, 0.1) is 36.6 Å². The molecule has 1 saturated heterocycles. The maximum absolute atomic E-state index is 14.2. The van der Waals surface area contributed by atoms with Gasteiger partial charge in [-0.05, 0) is 60.9 Å². The molecule has 1 aromatic heterocycles. The van der Waals surface area contributed by atoms with Gasteiger partial charge in [0.25, 0.3) is 0 Å². The third kappa shape index (κ3) is 5.72. The molecular weight excluding hydrogens is 574 g/mol. The molecule has 1 spiro atoms. The average molecular weight is 604 g/mol. The summed E-state index contributed by atoms with van der Waals surface area (Å²) in [6.07, 6.45) is 2.88. The molecule has 1 fully saturated rings. The lowest BCUT2D eigenvalue weighted by atomic mass is 9.89. The van der Waals surface area contributed by atoms with Crippen LogP contribution in [-0.2, 0) is 24.7 Å². The van der Waals surface area contributed by atoms with E-state index in [1.165, 1.54) is 7.11 Å². The number of hydrogen-bond acceptors (Lipinski definition) is 7. The molecule has 3 aliphatic heterocycles. The SMILES string of the molecule is COC(=O)Nc1ccc2c(c1)NC(=O)CCCC[C@H](C(=O)N1CC[C@@]3(C1)OC(=O)Nc1ccc(Cl)cc13)c1cc-2ccn1. The minimum atomic E-state index is -0.994. The fraction of sp³-hybridized carbons (Fsp3) is 0.323. The Bertz CT molecular complexity index is 1630. The monoisotopic (exact) mass is 603 g/mol. The number of fused-ring (bicyclic) bond motifs is 6. The summed E-state index contributed by atoms with van der Waals surface area (Å²) in [5.41, 5.74) is 3.45. The molecule has 6 rings (SSSR count). The van der Waals surface area contributed by atoms with Crippen molar-refractivity contribution >= 4 is 52.7 Å². The van der Waals surface area contributed by atoms with E-state index in [9.17, 15) is 19.2 Å². The summed E-state index contributed by atoms with van der Waals surface area (Å²) in [7, 11) is 1.27. The van der Waals surface area contributed by atoms with E-state index >= 15 is 0 Å². The lowest BCUT2D eigenvalue weighted by Gasteiger charge is -2.35. The van der Waals surface area contributed by atoms with E-state index in [2.05, 4.69) is 20.9 Å². The number of hydrogen-bond donors (Lipinski definition) is 3. The summed E-state index contributed by atoms with van der Waals surface area (Å²) < 4.78 is 10.5. The fourth-order valence-corrected chi connectivity index (χ4v) is 6.23. The highest BCUT2D eigenvalue weighted by atomic mass is 35.5. The quantitative estimate of drug-likeness (QED) is 0.333. The topological polar surface area (TPSA) is 139 Å². The highest BCUT2D eigenvalue weighted by Crippen LogP contribution is 2.45. The molecular formula is C31H30ClN5O6. The number of aromatic nitrogens is 1. The van der Waals surface area contributed by atoms with Crippen LogP contribution in [-0.4, -0.2) is 54.1 Å². The van der Waals surface area contributed by atoms with E-state index in [1.807, 2.05) is 12.1 Å². The molecule has 2 aromatic carbocycles. The van der Waals surface area contributed by atoms with Crippen molar-refractivity contribution in [3.63, 3.8) is 0 Å². The summed E-state index contributed by atoms with van der Waals surface area (Å²) in [6.45, 7) is 0.597. The number of anilines is 3. The number of rotatable bonds is 2. The number of likely N-dealkylation sites (tertiary alicyclic amines) is 1. The van der Waals surface area contributed by atoms with Gasteiger partial charge in [-0.15, -0.1) is 0 Å². The van der Waals surface area contributed by atoms with E-state index in [1.54, 1.807) is 47.5 Å². The van der Waals surface area contributed by atoms with Crippen molar-refractivity contribution in [3.05, 3.63) is 71.0 Å². The van der Waals surface area contributed by atoms with E-state index in [-0.39, 0.29) is 24.8 Å². The molecule has 3 N–H and O–H groups in total. The number of amides is 4. The molecule has 2 bridgehead atoms. The minimum absolute atomic E-state index is 0.112. The van der Waals surface area contributed by atoms with Crippen LogP contribution < -0.4 is 16.0 Å². The summed E-state index contributed by atoms with van der Waals surface area (Å²) in [5.74, 6) is -0.836. The van der Waals surface area contributed by atoms with Crippen LogP contribution in [0.15, 0.2) is 54.7 Å². The van der Waals surface area contributed by atoms with E-state index in [4.69, 9.17) is 21.1 Å². The fourth-order valence-electron chi connectivity index (χ4n) is 6.06. The largest absolute Gasteiger partial charge is 0.453 e. The van der Waals surface area contributed by atoms with Gasteiger partial charge in [-0.3, -0.25) is 25.2 Å². The van der Waals surface area contributed by atoms with Crippen LogP contribution in [0.3, 0.4) is 0 Å². The molecule has 4 amide bonds. The lowest BCUT2D eigenvalue weighted by Crippen LogP contribution is -2.43. The number of pyridine rings is 1. The first kappa shape index (κ1) is 28.5. The summed E-state index contributed by atoms with van der Waals surface area (Å²) in [5, 5.41) is 8.82. The van der Waals surface area contributed by atoms with Crippen molar-refractivity contribution < 1.29 is 28.7 Å². The van der Waals surface area contributed by atoms with Crippen LogP contribution in [0.4, 0.5) is 26.7 Å². The Hall–Kier alpha value is -4.64. The van der Waals surface area contributed by atoms with Crippen molar-refractivity contribution in [2.75, 3.05) is 36.1 Å². The molecule has 0 saturated carbocycles. The predicted octanol–water partition coefficient (Wildman–Crippen LogP) is 5.87. The smallest absolute Gasteiger partial charge is 0.412 e. The van der Waals surface area contributed by atoms with Gasteiger partial charge in [0.15, 0.2) is 5.60 Å². The van der Waals surface area contributed by atoms with Gasteiger partial charge < -0.3 is 19.7 Å². The van der Waals surface area contributed by atoms with Gasteiger partial charge in [0, 0.05) is 47.4 Å². The standard InChI is InChI=1S/C31H30ClN5O6/c1-42-29(40)34-20-7-8-21-18-10-12-33-25(14-18)22(4-2-3-5-27(38)35-26(21)16-20)28(39)37-13-11-31(17-37)23-15-19(32)6-9-24(23)36-30(41)43-31/h6-10,12,14-16,22H,2-5,11,13,17H2,1H3,(H,34,40)(H,35,38)(H,36,41)/t22-,31-/m0/s1. The summed E-state index contributed by atoms with van der Waals surface area (Å²) >= 11 is 6.29. The van der Waals surface area contributed by atoms with Crippen molar-refractivity contribution in [1.82, 2.24) is 9.88 Å². The normalized spacial score (nSPS) is 21.3. The van der Waals surface area contributed by atoms with Crippen LogP contribution in [0.25, 0.3) is 11.1 Å². The molecule has 0 radical (unpaired) electrons. The molecule has 3 aliphatic rings. The number of ether oxygens (including phenoxy) is 2. The first-order valence-electron chi connectivity index (χ1n) is 14.1. The summed E-state index contributed by atoms with van der Waals surface area (Å²) in [6, 6.07) is 14.1. The molecule has 0 aliphatic carbocycles. The van der Waals surface area contributed by atoms with Crippen molar-refractivity contribution in [2.24, 2.45) is 0 Å². The maximum Gasteiger partial charge on any atom is 0.412 e. The third-order valence-electron chi connectivity index (χ3n) is 8.16. The predicted molar refractivity (Wildman–Crippen MR) is 160 cm³/mol. The molecule has 11 nitrogen and oxygen atoms in total. The van der Waals surface area contributed by atoms with Gasteiger partial charge in [-0.25, -0.2) is 9.59 Å². The molecule has 4 heterocycles. The van der Waals surface area contributed by atoms with Crippen LogP contribution >= 0.6 is 11.6 Å². The van der Waals surface area contributed by atoms with E-state index in [0.717, 1.165) is 16.7 Å². The molecule has 222 valence electrons. The first-order valence-corrected chi connectivity index (χ1v) is 14.5. The Labute approximate surface area is 252 Å². The lowest BCUT2D eigenvalue weighted by molar-refractivity contribution is -0.133. The zero-order chi connectivity index (χ0) is 30.1. The van der Waals surface area contributed by atoms with Crippen molar-refractivity contribution in [3.8, 4) is 11.1 Å². The second kappa shape index (κ2) is 11.6. The Morgan fingerprint density at radius 1 is 1.09 bits per heavy atom. The van der Waals surface area contributed by atoms with Crippen LogP contribution in [0.2, 0.25) is 5.02 Å². The molecule has 0 unspecified atom stereocenters. The number of nitrogens with zero attached hydrogens (tertiary/aromatic N) is 2. The van der Waals surface area contributed by atoms with Crippen LogP contribution in [0, 0.1) is 0 Å². The van der Waals surface area contributed by atoms with E-state index in [0.29, 0.717) is 60.0 Å². The minimum Gasteiger partial charge on any atom is -0.453 e. The molecule has 2 atom stereocenters. The number of carbonyl (C=O) groups is 4. The molecule has 3 aromatic rings. The average Bonchev–Trinajstić information content (AvgIpc) is 3.41. The van der Waals surface area contributed by atoms with E-state index < -0.39 is 23.7 Å². The highest BCUT2D eigenvalue weighted by molar-refractivity contribution is 6.30. The molecule has 43 heavy (non-hydrogen) atoms. The molecule has 12 heteroatoms. The van der Waals surface area contributed by atoms with Gasteiger partial charge in [0.1, 0.15) is 0 Å².